The van der Waals surface area contributed by atoms with Crippen molar-refractivity contribution < 1.29 is 27.4 Å². The van der Waals surface area contributed by atoms with Crippen LogP contribution in [-0.2, 0) is 15.4 Å². The second-order valence-electron chi connectivity index (χ2n) is 9.96. The maximum Gasteiger partial charge on any atom is 0.322 e. The lowest BCUT2D eigenvalue weighted by Crippen LogP contribution is -2.68. The molecule has 3 aromatic carbocycles. The third-order valence-corrected chi connectivity index (χ3v) is 9.40. The molecule has 1 saturated heterocycles. The molecule has 2 amide bonds. The summed E-state index contributed by atoms with van der Waals surface area (Å²) in [5.41, 5.74) is 1.83. The van der Waals surface area contributed by atoms with Gasteiger partial charge in [-0.15, -0.1) is 0 Å². The van der Waals surface area contributed by atoms with E-state index in [4.69, 9.17) is 4.74 Å². The molecule has 0 radical (unpaired) electrons. The van der Waals surface area contributed by atoms with Crippen LogP contribution in [0.1, 0.15) is 17.3 Å². The lowest BCUT2D eigenvalue weighted by atomic mass is 9.70. The summed E-state index contributed by atoms with van der Waals surface area (Å²) in [4.78, 5) is 18.6. The van der Waals surface area contributed by atoms with E-state index in [9.17, 15) is 22.7 Å². The highest BCUT2D eigenvalue weighted by molar-refractivity contribution is 7.89. The molecular weight excluding hydrogens is 523 g/mol. The zero-order valence-corrected chi connectivity index (χ0v) is 21.9. The van der Waals surface area contributed by atoms with Gasteiger partial charge in [0.05, 0.1) is 24.7 Å². The Morgan fingerprint density at radius 1 is 1.10 bits per heavy atom. The van der Waals surface area contributed by atoms with E-state index in [0.717, 1.165) is 16.5 Å². The topological polar surface area (TPSA) is 115 Å². The van der Waals surface area contributed by atoms with Crippen molar-refractivity contribution in [2.45, 2.75) is 16.4 Å². The Hall–Kier alpha value is -3.93. The number of fused-ring (bicyclic) bond motifs is 4. The Balaban J connectivity index is 1.42. The average Bonchev–Trinajstić information content (AvgIpc) is 3.30. The van der Waals surface area contributed by atoms with Crippen LogP contribution >= 0.6 is 0 Å². The van der Waals surface area contributed by atoms with Crippen LogP contribution in [0.15, 0.2) is 77.7 Å². The van der Waals surface area contributed by atoms with E-state index >= 15 is 0 Å². The van der Waals surface area contributed by atoms with Crippen molar-refractivity contribution in [2.75, 3.05) is 38.7 Å². The number of methoxy groups -OCH3 is 1. The van der Waals surface area contributed by atoms with Crippen molar-refractivity contribution in [3.8, 4) is 5.75 Å². The molecule has 39 heavy (non-hydrogen) atoms. The summed E-state index contributed by atoms with van der Waals surface area (Å²) < 4.78 is 47.3. The first-order valence-corrected chi connectivity index (χ1v) is 13.9. The number of hydrogen-bond donors (Lipinski definition) is 3. The molecule has 2 aliphatic rings. The maximum absolute atomic E-state index is 13.8. The first-order valence-electron chi connectivity index (χ1n) is 12.4. The number of aromatic nitrogens is 1. The van der Waals surface area contributed by atoms with Crippen molar-refractivity contribution in [3.63, 3.8) is 0 Å². The van der Waals surface area contributed by atoms with E-state index in [-0.39, 0.29) is 36.8 Å². The van der Waals surface area contributed by atoms with Crippen LogP contribution in [0.25, 0.3) is 10.9 Å². The van der Waals surface area contributed by atoms with E-state index in [1.807, 2.05) is 18.2 Å². The molecule has 202 valence electrons. The van der Waals surface area contributed by atoms with Crippen LogP contribution in [0.3, 0.4) is 0 Å². The van der Waals surface area contributed by atoms with E-state index in [0.29, 0.717) is 11.4 Å². The van der Waals surface area contributed by atoms with Crippen molar-refractivity contribution in [1.82, 2.24) is 14.2 Å². The number of halogens is 1. The van der Waals surface area contributed by atoms with Crippen LogP contribution in [0.4, 0.5) is 14.9 Å². The molecular formula is C28H27FN4O5S. The molecule has 1 aromatic heterocycles. The summed E-state index contributed by atoms with van der Waals surface area (Å²) in [5.74, 6) is 0.146. The number of carbonyl (C=O) groups is 1. The van der Waals surface area contributed by atoms with Gasteiger partial charge in [-0.05, 0) is 48.0 Å². The van der Waals surface area contributed by atoms with Gasteiger partial charge >= 0.3 is 6.03 Å². The molecule has 2 aliphatic heterocycles. The molecule has 0 bridgehead atoms. The molecule has 1 atom stereocenters. The summed E-state index contributed by atoms with van der Waals surface area (Å²) in [6, 6.07) is 18.1. The minimum absolute atomic E-state index is 0.151. The zero-order valence-electron chi connectivity index (χ0n) is 21.1. The fraction of sp³-hybridized carbons (Fsp3) is 0.250. The molecule has 4 aromatic rings. The van der Waals surface area contributed by atoms with Crippen molar-refractivity contribution >= 4 is 32.6 Å². The minimum atomic E-state index is -3.74. The van der Waals surface area contributed by atoms with Crippen LogP contribution < -0.4 is 10.1 Å². The van der Waals surface area contributed by atoms with Crippen LogP contribution in [0, 0.1) is 5.82 Å². The Bertz CT molecular complexity index is 1670. The van der Waals surface area contributed by atoms with Gasteiger partial charge in [-0.25, -0.2) is 17.6 Å². The van der Waals surface area contributed by atoms with E-state index in [1.165, 1.54) is 27.4 Å². The number of H-pyrrole nitrogens is 1. The second kappa shape index (κ2) is 9.37. The predicted octanol–water partition coefficient (Wildman–Crippen LogP) is 3.84. The highest BCUT2D eigenvalue weighted by Crippen LogP contribution is 2.49. The fourth-order valence-corrected chi connectivity index (χ4v) is 7.41. The molecule has 1 spiro atoms. The zero-order chi connectivity index (χ0) is 27.4. The highest BCUT2D eigenvalue weighted by Gasteiger charge is 2.56. The van der Waals surface area contributed by atoms with E-state index in [1.54, 1.807) is 43.5 Å². The number of nitrogens with one attached hydrogen (secondary N) is 2. The van der Waals surface area contributed by atoms with Crippen molar-refractivity contribution in [2.24, 2.45) is 0 Å². The number of benzene rings is 3. The van der Waals surface area contributed by atoms with Gasteiger partial charge in [0.1, 0.15) is 11.6 Å². The molecule has 0 unspecified atom stereocenters. The largest absolute Gasteiger partial charge is 0.497 e. The first kappa shape index (κ1) is 25.4. The molecule has 0 aliphatic carbocycles. The number of amides is 2. The third-order valence-electron chi connectivity index (χ3n) is 7.60. The number of aliphatic hydroxyl groups excluding tert-OH is 1. The van der Waals surface area contributed by atoms with Gasteiger partial charge in [0, 0.05) is 53.4 Å². The molecule has 9 nitrogen and oxygen atoms in total. The standard InChI is InChI=1S/C28H27FN4O5S/c1-38-20-10-11-22-23(13-20)31-26-24(14-34)33(27(35)30-19-7-5-6-18(29)12-19)17-28(25(22)26)15-32(16-28)39(36,37)21-8-3-2-4-9-21/h2-13,24,31,34H,14-17H2,1H3,(H,30,35)/t24-/m0/s1. The lowest BCUT2D eigenvalue weighted by molar-refractivity contribution is 0.0550. The number of nitrogens with zero attached hydrogens (tertiary/aromatic N) is 2. The predicted molar refractivity (Wildman–Crippen MR) is 144 cm³/mol. The summed E-state index contributed by atoms with van der Waals surface area (Å²) >= 11 is 0. The monoisotopic (exact) mass is 550 g/mol. The Morgan fingerprint density at radius 2 is 1.87 bits per heavy atom. The van der Waals surface area contributed by atoms with Gasteiger partial charge in [0.15, 0.2) is 0 Å². The number of urea groups is 1. The van der Waals surface area contributed by atoms with Crippen LogP contribution in [-0.4, -0.2) is 67.1 Å². The second-order valence-corrected chi connectivity index (χ2v) is 11.9. The van der Waals surface area contributed by atoms with Crippen molar-refractivity contribution in [3.05, 3.63) is 89.9 Å². The number of ether oxygens (including phenoxy) is 1. The summed E-state index contributed by atoms with van der Waals surface area (Å²) in [5, 5.41) is 14.1. The first-order chi connectivity index (χ1) is 18.8. The highest BCUT2D eigenvalue weighted by atomic mass is 32.2. The molecule has 0 saturated carbocycles. The van der Waals surface area contributed by atoms with Gasteiger partial charge in [-0.1, -0.05) is 24.3 Å². The molecule has 3 N–H and O–H groups in total. The molecule has 3 heterocycles. The lowest BCUT2D eigenvalue weighted by Gasteiger charge is -2.55. The SMILES string of the molecule is COc1ccc2c3c([nH]c2c1)[C@H](CO)N(C(=O)Nc1cccc(F)c1)CC31CN(S(=O)(=O)c2ccccc2)C1. The summed E-state index contributed by atoms with van der Waals surface area (Å²) in [6.07, 6.45) is 0. The number of anilines is 1. The Labute approximate surface area is 224 Å². The summed E-state index contributed by atoms with van der Waals surface area (Å²) in [6.45, 7) is 0.0952. The van der Waals surface area contributed by atoms with Crippen LogP contribution in [0.5, 0.6) is 5.75 Å². The maximum atomic E-state index is 13.8. The number of carbonyl (C=O) groups excluding carboxylic acids is 1. The van der Waals surface area contributed by atoms with Gasteiger partial charge in [0.2, 0.25) is 10.0 Å². The number of aromatic amines is 1. The van der Waals surface area contributed by atoms with Gasteiger partial charge < -0.3 is 25.0 Å². The number of rotatable bonds is 5. The van der Waals surface area contributed by atoms with E-state index < -0.39 is 33.3 Å². The quantitative estimate of drug-likeness (QED) is 0.349. The Kier molecular flexibility index (Phi) is 6.09. The van der Waals surface area contributed by atoms with E-state index in [2.05, 4.69) is 10.3 Å². The molecule has 6 rings (SSSR count). The van der Waals surface area contributed by atoms with Gasteiger partial charge in [-0.2, -0.15) is 4.31 Å². The molecule has 1 fully saturated rings. The fourth-order valence-electron chi connectivity index (χ4n) is 5.78. The summed E-state index contributed by atoms with van der Waals surface area (Å²) in [7, 11) is -2.18. The number of hydrogen-bond acceptors (Lipinski definition) is 5. The number of sulfonamides is 1. The number of aliphatic hydroxyl groups is 1. The average molecular weight is 551 g/mol. The minimum Gasteiger partial charge on any atom is -0.497 e. The Morgan fingerprint density at radius 3 is 2.56 bits per heavy atom. The normalized spacial score (nSPS) is 18.5. The molecule has 11 heteroatoms. The van der Waals surface area contributed by atoms with Crippen LogP contribution in [0.2, 0.25) is 0 Å². The third kappa shape index (κ3) is 4.13. The smallest absolute Gasteiger partial charge is 0.322 e. The van der Waals surface area contributed by atoms with Gasteiger partial charge in [0.25, 0.3) is 0 Å². The van der Waals surface area contributed by atoms with Gasteiger partial charge in [-0.3, -0.25) is 0 Å². The van der Waals surface area contributed by atoms with Crippen molar-refractivity contribution in [1.29, 1.82) is 0 Å².